The number of nitrogens with zero attached hydrogens (tertiary/aromatic N) is 1. The fraction of sp³-hybridized carbons (Fsp3) is 0.806. The number of hydrogen-bond donors (Lipinski definition) is 0. The van der Waals surface area contributed by atoms with E-state index in [1.807, 2.05) is 0 Å². The Morgan fingerprint density at radius 1 is 0.431 bits per heavy atom. The molecular formula is C62H109NO9. The molecule has 1 unspecified atom stereocenters. The summed E-state index contributed by atoms with van der Waals surface area (Å²) in [6.07, 6.45) is 55.0. The Hall–Kier alpha value is -3.40. The summed E-state index contributed by atoms with van der Waals surface area (Å²) in [5.74, 6) is -1.23. The SMILES string of the molecule is CCCCC/C=C\C/C=C\CCCCCCCC(=O)OCC(COC(=O)CCCCCCC/C=C\C/C=C\CCCCC)OC(=O)CCC(CCCCCCCCCCCC)OC(=O)OC1CCN(C)CC1. The van der Waals surface area contributed by atoms with Crippen LogP contribution in [0.1, 0.15) is 271 Å². The maximum atomic E-state index is 13.4. The summed E-state index contributed by atoms with van der Waals surface area (Å²) in [5.41, 5.74) is 0. The maximum Gasteiger partial charge on any atom is 0.508 e. The Bertz CT molecular complexity index is 1340. The van der Waals surface area contributed by atoms with E-state index in [1.54, 1.807) is 0 Å². The van der Waals surface area contributed by atoms with Crippen LogP contribution in [0.4, 0.5) is 4.79 Å². The van der Waals surface area contributed by atoms with E-state index < -0.39 is 24.3 Å². The summed E-state index contributed by atoms with van der Waals surface area (Å²) < 4.78 is 28.6. The molecule has 0 aromatic carbocycles. The second-order valence-corrected chi connectivity index (χ2v) is 20.6. The highest BCUT2D eigenvalue weighted by Gasteiger charge is 2.25. The molecule has 0 bridgehead atoms. The second-order valence-electron chi connectivity index (χ2n) is 20.6. The van der Waals surface area contributed by atoms with Crippen molar-refractivity contribution in [2.45, 2.75) is 289 Å². The number of carbonyl (C=O) groups is 4. The third-order valence-electron chi connectivity index (χ3n) is 13.6. The van der Waals surface area contributed by atoms with E-state index >= 15 is 0 Å². The third-order valence-corrected chi connectivity index (χ3v) is 13.6. The molecule has 1 aliphatic rings. The van der Waals surface area contributed by atoms with Gasteiger partial charge in [-0.3, -0.25) is 14.4 Å². The average Bonchev–Trinajstić information content (AvgIpc) is 3.37. The average molecular weight is 1010 g/mol. The summed E-state index contributed by atoms with van der Waals surface area (Å²) in [4.78, 5) is 54.2. The van der Waals surface area contributed by atoms with Gasteiger partial charge in [-0.05, 0) is 116 Å². The smallest absolute Gasteiger partial charge is 0.462 e. The Morgan fingerprint density at radius 3 is 1.28 bits per heavy atom. The minimum atomic E-state index is -0.935. The first-order valence-electron chi connectivity index (χ1n) is 29.9. The van der Waals surface area contributed by atoms with Crippen LogP contribution in [0.15, 0.2) is 48.6 Å². The molecule has 0 saturated carbocycles. The van der Waals surface area contributed by atoms with Gasteiger partial charge < -0.3 is 28.6 Å². The summed E-state index contributed by atoms with van der Waals surface area (Å²) in [6, 6.07) is 0. The Balaban J connectivity index is 2.65. The number of allylic oxidation sites excluding steroid dienone is 8. The van der Waals surface area contributed by atoms with Gasteiger partial charge in [-0.1, -0.05) is 191 Å². The van der Waals surface area contributed by atoms with Crippen molar-refractivity contribution in [3.8, 4) is 0 Å². The van der Waals surface area contributed by atoms with Crippen LogP contribution in [-0.2, 0) is 38.1 Å². The zero-order chi connectivity index (χ0) is 52.2. The highest BCUT2D eigenvalue weighted by molar-refractivity contribution is 5.71. The van der Waals surface area contributed by atoms with Crippen LogP contribution in [0.3, 0.4) is 0 Å². The van der Waals surface area contributed by atoms with E-state index in [-0.39, 0.29) is 56.9 Å². The molecule has 1 heterocycles. The summed E-state index contributed by atoms with van der Waals surface area (Å²) in [6.45, 7) is 8.05. The number of hydrogen-bond acceptors (Lipinski definition) is 10. The van der Waals surface area contributed by atoms with Crippen LogP contribution in [0.5, 0.6) is 0 Å². The summed E-state index contributed by atoms with van der Waals surface area (Å²) >= 11 is 0. The second kappa shape index (κ2) is 51.1. The monoisotopic (exact) mass is 1010 g/mol. The third kappa shape index (κ3) is 45.2. The van der Waals surface area contributed by atoms with Crippen LogP contribution in [0, 0.1) is 0 Å². The number of ether oxygens (including phenoxy) is 5. The minimum Gasteiger partial charge on any atom is -0.462 e. The minimum absolute atomic E-state index is 0.000250. The molecule has 0 amide bonds. The van der Waals surface area contributed by atoms with Crippen molar-refractivity contribution in [3.63, 3.8) is 0 Å². The van der Waals surface area contributed by atoms with E-state index in [0.29, 0.717) is 6.42 Å². The van der Waals surface area contributed by atoms with Gasteiger partial charge in [0.15, 0.2) is 6.10 Å². The zero-order valence-corrected chi connectivity index (χ0v) is 46.9. The Labute approximate surface area is 441 Å². The fourth-order valence-corrected chi connectivity index (χ4v) is 8.84. The topological polar surface area (TPSA) is 118 Å². The van der Waals surface area contributed by atoms with Gasteiger partial charge in [0.1, 0.15) is 25.4 Å². The van der Waals surface area contributed by atoms with Crippen molar-refractivity contribution in [1.29, 1.82) is 0 Å². The molecule has 1 rings (SSSR count). The lowest BCUT2D eigenvalue weighted by atomic mass is 10.0. The molecule has 10 nitrogen and oxygen atoms in total. The van der Waals surface area contributed by atoms with Crippen LogP contribution < -0.4 is 0 Å². The normalized spacial score (nSPS) is 14.1. The molecule has 0 radical (unpaired) electrons. The lowest BCUT2D eigenvalue weighted by molar-refractivity contribution is -0.167. The molecule has 1 fully saturated rings. The molecule has 1 saturated heterocycles. The number of esters is 3. The van der Waals surface area contributed by atoms with Crippen LogP contribution in [0.2, 0.25) is 0 Å². The lowest BCUT2D eigenvalue weighted by Crippen LogP contribution is -2.36. The van der Waals surface area contributed by atoms with Crippen molar-refractivity contribution >= 4 is 24.1 Å². The first-order chi connectivity index (χ1) is 35.3. The van der Waals surface area contributed by atoms with E-state index in [4.69, 9.17) is 23.7 Å². The Kier molecular flexibility index (Phi) is 47.3. The van der Waals surface area contributed by atoms with Gasteiger partial charge in [0.05, 0.1) is 0 Å². The van der Waals surface area contributed by atoms with E-state index in [0.717, 1.165) is 135 Å². The summed E-state index contributed by atoms with van der Waals surface area (Å²) in [7, 11) is 2.06. The number of carbonyl (C=O) groups excluding carboxylic acids is 4. The van der Waals surface area contributed by atoms with Crippen LogP contribution in [-0.4, -0.2) is 80.6 Å². The van der Waals surface area contributed by atoms with Crippen molar-refractivity contribution < 1.29 is 42.9 Å². The van der Waals surface area contributed by atoms with E-state index in [1.165, 1.54) is 96.3 Å². The highest BCUT2D eigenvalue weighted by Crippen LogP contribution is 2.20. The largest absolute Gasteiger partial charge is 0.508 e. The predicted molar refractivity (Wildman–Crippen MR) is 298 cm³/mol. The fourth-order valence-electron chi connectivity index (χ4n) is 8.84. The van der Waals surface area contributed by atoms with Crippen LogP contribution in [0.25, 0.3) is 0 Å². The molecule has 1 aliphatic heterocycles. The van der Waals surface area contributed by atoms with Gasteiger partial charge in [0, 0.05) is 32.4 Å². The number of unbranched alkanes of at least 4 members (excludes halogenated alkanes) is 25. The lowest BCUT2D eigenvalue weighted by Gasteiger charge is -2.28. The number of rotatable bonds is 49. The van der Waals surface area contributed by atoms with Gasteiger partial charge in [-0.25, -0.2) is 4.79 Å². The molecule has 0 aromatic rings. The first kappa shape index (κ1) is 66.6. The molecule has 1 atom stereocenters. The Morgan fingerprint density at radius 2 is 0.819 bits per heavy atom. The van der Waals surface area contributed by atoms with Crippen molar-refractivity contribution in [3.05, 3.63) is 48.6 Å². The van der Waals surface area contributed by atoms with E-state index in [9.17, 15) is 19.2 Å². The van der Waals surface area contributed by atoms with Gasteiger partial charge in [0.25, 0.3) is 0 Å². The van der Waals surface area contributed by atoms with Crippen LogP contribution >= 0.6 is 0 Å². The predicted octanol–water partition coefficient (Wildman–Crippen LogP) is 17.3. The molecule has 10 heteroatoms. The summed E-state index contributed by atoms with van der Waals surface area (Å²) in [5, 5.41) is 0. The van der Waals surface area contributed by atoms with Crippen molar-refractivity contribution in [2.75, 3.05) is 33.4 Å². The number of piperidine rings is 1. The molecule has 416 valence electrons. The van der Waals surface area contributed by atoms with E-state index in [2.05, 4.69) is 81.3 Å². The molecule has 72 heavy (non-hydrogen) atoms. The van der Waals surface area contributed by atoms with Crippen molar-refractivity contribution in [1.82, 2.24) is 4.90 Å². The van der Waals surface area contributed by atoms with Gasteiger partial charge in [-0.2, -0.15) is 0 Å². The molecule has 0 aliphatic carbocycles. The highest BCUT2D eigenvalue weighted by atomic mass is 16.7. The van der Waals surface area contributed by atoms with Crippen molar-refractivity contribution in [2.24, 2.45) is 0 Å². The molecule has 0 spiro atoms. The van der Waals surface area contributed by atoms with Gasteiger partial charge >= 0.3 is 24.1 Å². The quantitative estimate of drug-likeness (QED) is 0.0252. The molecular weight excluding hydrogens is 903 g/mol. The maximum absolute atomic E-state index is 13.4. The molecule has 0 N–H and O–H groups in total. The first-order valence-corrected chi connectivity index (χ1v) is 29.9. The molecule has 0 aromatic heterocycles. The zero-order valence-electron chi connectivity index (χ0n) is 46.9. The van der Waals surface area contributed by atoms with Gasteiger partial charge in [-0.15, -0.1) is 0 Å². The van der Waals surface area contributed by atoms with Gasteiger partial charge in [0.2, 0.25) is 0 Å². The standard InChI is InChI=1S/C62H109NO9/c1-5-8-11-14-17-20-23-25-27-29-31-34-37-40-43-46-59(64)68-54-58(55-69-60(65)47-44-41-38-35-32-30-28-26-24-21-18-15-12-9-6-2)70-61(66)49-48-56(45-42-39-36-33-22-19-16-13-10-7-3)71-62(67)72-57-50-52-63(4)53-51-57/h17-18,20-21,25-28,56-58H,5-16,19,22-24,29-55H2,1-4H3/b20-17-,21-18-,27-25-,28-26-. The number of likely N-dealkylation sites (tertiary alicyclic amines) is 1.